The van der Waals surface area contributed by atoms with E-state index in [2.05, 4.69) is 19.2 Å². The minimum absolute atomic E-state index is 0.174. The van der Waals surface area contributed by atoms with Crippen LogP contribution in [-0.2, 0) is 4.79 Å². The van der Waals surface area contributed by atoms with Crippen LogP contribution in [0.2, 0.25) is 0 Å². The third kappa shape index (κ3) is 3.78. The summed E-state index contributed by atoms with van der Waals surface area (Å²) in [5.74, 6) is 1.63. The van der Waals surface area contributed by atoms with E-state index in [1.165, 1.54) is 25.7 Å². The Balaban J connectivity index is 2.41. The van der Waals surface area contributed by atoms with Crippen molar-refractivity contribution in [1.29, 1.82) is 0 Å². The molecule has 1 aliphatic carbocycles. The van der Waals surface area contributed by atoms with E-state index >= 15 is 0 Å². The summed E-state index contributed by atoms with van der Waals surface area (Å²) in [5.41, 5.74) is 0. The molecule has 0 aliphatic heterocycles. The average Bonchev–Trinajstić information content (AvgIpc) is 2.25. The van der Waals surface area contributed by atoms with Crippen molar-refractivity contribution in [2.24, 2.45) is 11.8 Å². The molecule has 3 heteroatoms. The van der Waals surface area contributed by atoms with E-state index in [-0.39, 0.29) is 5.91 Å². The van der Waals surface area contributed by atoms with E-state index in [0.717, 1.165) is 5.92 Å². The van der Waals surface area contributed by atoms with Crippen molar-refractivity contribution < 1.29 is 4.79 Å². The van der Waals surface area contributed by atoms with Crippen LogP contribution in [0.1, 0.15) is 39.5 Å². The first-order chi connectivity index (χ1) is 7.52. The van der Waals surface area contributed by atoms with Crippen LogP contribution in [0.15, 0.2) is 0 Å². The van der Waals surface area contributed by atoms with Gasteiger partial charge >= 0.3 is 0 Å². The second-order valence-electron chi connectivity index (χ2n) is 5.47. The summed E-state index contributed by atoms with van der Waals surface area (Å²) in [4.78, 5) is 13.2. The van der Waals surface area contributed by atoms with Crippen molar-refractivity contribution >= 4 is 5.91 Å². The molecule has 0 bridgehead atoms. The summed E-state index contributed by atoms with van der Waals surface area (Å²) < 4.78 is 0. The summed E-state index contributed by atoms with van der Waals surface area (Å²) in [6.07, 6.45) is 5.19. The maximum Gasteiger partial charge on any atom is 0.236 e. The van der Waals surface area contributed by atoms with E-state index in [0.29, 0.717) is 18.5 Å². The summed E-state index contributed by atoms with van der Waals surface area (Å²) in [5, 5.41) is 3.44. The zero-order valence-electron chi connectivity index (χ0n) is 11.1. The third-order valence-corrected chi connectivity index (χ3v) is 3.69. The number of nitrogens with one attached hydrogen (secondary N) is 1. The molecule has 1 amide bonds. The standard InChI is InChI=1S/C13H26N2O/c1-10(2)11-7-5-6-8-12(11)14-9-13(16)15(3)4/h10-12,14H,5-9H2,1-4H3. The van der Waals surface area contributed by atoms with E-state index in [4.69, 9.17) is 0 Å². The number of hydrogen-bond donors (Lipinski definition) is 1. The highest BCUT2D eigenvalue weighted by Crippen LogP contribution is 2.29. The second kappa shape index (κ2) is 6.24. The lowest BCUT2D eigenvalue weighted by molar-refractivity contribution is -0.128. The molecule has 1 fully saturated rings. The molecule has 1 saturated carbocycles. The Hall–Kier alpha value is -0.570. The molecule has 1 N–H and O–H groups in total. The average molecular weight is 226 g/mol. The minimum atomic E-state index is 0.174. The molecule has 1 aliphatic rings. The molecule has 0 heterocycles. The Kier molecular flexibility index (Phi) is 5.26. The molecule has 16 heavy (non-hydrogen) atoms. The van der Waals surface area contributed by atoms with Crippen molar-refractivity contribution in [3.05, 3.63) is 0 Å². The van der Waals surface area contributed by atoms with Crippen molar-refractivity contribution in [3.63, 3.8) is 0 Å². The largest absolute Gasteiger partial charge is 0.348 e. The first-order valence-corrected chi connectivity index (χ1v) is 6.46. The first-order valence-electron chi connectivity index (χ1n) is 6.46. The third-order valence-electron chi connectivity index (χ3n) is 3.69. The highest BCUT2D eigenvalue weighted by Gasteiger charge is 2.27. The van der Waals surface area contributed by atoms with Gasteiger partial charge < -0.3 is 10.2 Å². The van der Waals surface area contributed by atoms with Gasteiger partial charge in [-0.15, -0.1) is 0 Å². The number of carbonyl (C=O) groups excluding carboxylic acids is 1. The molecule has 94 valence electrons. The van der Waals surface area contributed by atoms with Gasteiger partial charge in [-0.3, -0.25) is 4.79 Å². The van der Waals surface area contributed by atoms with Gasteiger partial charge in [0.25, 0.3) is 0 Å². The number of likely N-dealkylation sites (N-methyl/N-ethyl adjacent to an activating group) is 1. The van der Waals surface area contributed by atoms with Crippen LogP contribution < -0.4 is 5.32 Å². The lowest BCUT2D eigenvalue weighted by atomic mass is 9.78. The Labute approximate surface area is 99.6 Å². The van der Waals surface area contributed by atoms with E-state index in [1.807, 2.05) is 14.1 Å². The Bertz CT molecular complexity index is 226. The molecule has 0 spiro atoms. The van der Waals surface area contributed by atoms with Gasteiger partial charge in [-0.2, -0.15) is 0 Å². The smallest absolute Gasteiger partial charge is 0.236 e. The normalized spacial score (nSPS) is 25.8. The van der Waals surface area contributed by atoms with Gasteiger partial charge in [-0.1, -0.05) is 26.7 Å². The van der Waals surface area contributed by atoms with E-state index in [9.17, 15) is 4.79 Å². The molecule has 0 saturated heterocycles. The molecule has 1 rings (SSSR count). The molecule has 0 radical (unpaired) electrons. The van der Waals surface area contributed by atoms with Gasteiger partial charge in [-0.05, 0) is 24.7 Å². The van der Waals surface area contributed by atoms with Crippen molar-refractivity contribution in [3.8, 4) is 0 Å². The quantitative estimate of drug-likeness (QED) is 0.794. The Morgan fingerprint density at radius 1 is 1.31 bits per heavy atom. The van der Waals surface area contributed by atoms with Gasteiger partial charge in [0.1, 0.15) is 0 Å². The zero-order chi connectivity index (χ0) is 12.1. The molecule has 0 aromatic carbocycles. The fraction of sp³-hybridized carbons (Fsp3) is 0.923. The minimum Gasteiger partial charge on any atom is -0.348 e. The highest BCUT2D eigenvalue weighted by atomic mass is 16.2. The second-order valence-corrected chi connectivity index (χ2v) is 5.47. The van der Waals surface area contributed by atoms with Crippen LogP contribution in [0.4, 0.5) is 0 Å². The number of nitrogens with zero attached hydrogens (tertiary/aromatic N) is 1. The van der Waals surface area contributed by atoms with Crippen LogP contribution >= 0.6 is 0 Å². The fourth-order valence-electron chi connectivity index (χ4n) is 2.59. The van der Waals surface area contributed by atoms with E-state index < -0.39 is 0 Å². The fourth-order valence-corrected chi connectivity index (χ4v) is 2.59. The molecule has 0 aromatic heterocycles. The summed E-state index contributed by atoms with van der Waals surface area (Å²) in [7, 11) is 3.62. The molecule has 0 aromatic rings. The monoisotopic (exact) mass is 226 g/mol. The first kappa shape index (κ1) is 13.5. The number of amides is 1. The van der Waals surface area contributed by atoms with Crippen molar-refractivity contribution in [2.45, 2.75) is 45.6 Å². The molecular weight excluding hydrogens is 200 g/mol. The zero-order valence-corrected chi connectivity index (χ0v) is 11.1. The lowest BCUT2D eigenvalue weighted by Crippen LogP contribution is -2.45. The Morgan fingerprint density at radius 3 is 2.50 bits per heavy atom. The highest BCUT2D eigenvalue weighted by molar-refractivity contribution is 5.77. The van der Waals surface area contributed by atoms with Gasteiger partial charge in [0.2, 0.25) is 5.91 Å². The number of hydrogen-bond acceptors (Lipinski definition) is 2. The Morgan fingerprint density at radius 2 is 1.94 bits per heavy atom. The van der Waals surface area contributed by atoms with Gasteiger partial charge in [0.05, 0.1) is 6.54 Å². The van der Waals surface area contributed by atoms with Crippen LogP contribution in [0.3, 0.4) is 0 Å². The summed E-state index contributed by atoms with van der Waals surface area (Å²) in [6, 6.07) is 0.539. The van der Waals surface area contributed by atoms with Crippen molar-refractivity contribution in [2.75, 3.05) is 20.6 Å². The van der Waals surface area contributed by atoms with Gasteiger partial charge in [0, 0.05) is 20.1 Å². The van der Waals surface area contributed by atoms with Crippen LogP contribution in [0, 0.1) is 11.8 Å². The molecule has 2 unspecified atom stereocenters. The van der Waals surface area contributed by atoms with Crippen molar-refractivity contribution in [1.82, 2.24) is 10.2 Å². The van der Waals surface area contributed by atoms with Crippen LogP contribution in [0.5, 0.6) is 0 Å². The summed E-state index contributed by atoms with van der Waals surface area (Å²) in [6.45, 7) is 5.07. The molecule has 3 nitrogen and oxygen atoms in total. The predicted molar refractivity (Wildman–Crippen MR) is 67.3 cm³/mol. The topological polar surface area (TPSA) is 32.3 Å². The predicted octanol–water partition coefficient (Wildman–Crippen LogP) is 1.88. The van der Waals surface area contributed by atoms with E-state index in [1.54, 1.807) is 4.90 Å². The molecule has 2 atom stereocenters. The number of rotatable bonds is 4. The maximum atomic E-state index is 11.5. The lowest BCUT2D eigenvalue weighted by Gasteiger charge is -2.35. The maximum absolute atomic E-state index is 11.5. The van der Waals surface area contributed by atoms with Gasteiger partial charge in [-0.25, -0.2) is 0 Å². The summed E-state index contributed by atoms with van der Waals surface area (Å²) >= 11 is 0. The van der Waals surface area contributed by atoms with Crippen LogP contribution in [-0.4, -0.2) is 37.5 Å². The van der Waals surface area contributed by atoms with Crippen LogP contribution in [0.25, 0.3) is 0 Å². The number of carbonyl (C=O) groups is 1. The SMILES string of the molecule is CC(C)C1CCCCC1NCC(=O)N(C)C. The van der Waals surface area contributed by atoms with Gasteiger partial charge in [0.15, 0.2) is 0 Å². The molecular formula is C13H26N2O.